The van der Waals surface area contributed by atoms with Gasteiger partial charge in [-0.25, -0.2) is 0 Å². The van der Waals surface area contributed by atoms with E-state index in [0.717, 1.165) is 31.9 Å². The Labute approximate surface area is 122 Å². The molecule has 1 unspecified atom stereocenters. The molecule has 0 radical (unpaired) electrons. The number of methoxy groups -OCH3 is 1. The number of piperazine rings is 1. The zero-order chi connectivity index (χ0) is 12.8. The largest absolute Gasteiger partial charge is 0.497 e. The summed E-state index contributed by atoms with van der Waals surface area (Å²) in [6, 6.07) is 9.12. The van der Waals surface area contributed by atoms with E-state index in [2.05, 4.69) is 29.3 Å². The fraction of sp³-hybridized carbons (Fsp3) is 0.600. The summed E-state index contributed by atoms with van der Waals surface area (Å²) < 4.78 is 5.20. The van der Waals surface area contributed by atoms with Gasteiger partial charge in [0.1, 0.15) is 5.75 Å². The first-order valence-corrected chi connectivity index (χ1v) is 6.91. The monoisotopic (exact) mass is 284 g/mol. The Morgan fingerprint density at radius 2 is 2.05 bits per heavy atom. The Kier molecular flexibility index (Phi) is 7.21. The van der Waals surface area contributed by atoms with E-state index in [0.29, 0.717) is 6.04 Å². The Balaban J connectivity index is 0.00000180. The Hall–Kier alpha value is -0.770. The van der Waals surface area contributed by atoms with E-state index in [1.807, 2.05) is 12.1 Å². The van der Waals surface area contributed by atoms with Crippen LogP contribution in [0, 0.1) is 0 Å². The third-order valence-electron chi connectivity index (χ3n) is 3.64. The summed E-state index contributed by atoms with van der Waals surface area (Å²) in [5.41, 5.74) is 1.37. The topological polar surface area (TPSA) is 24.5 Å². The molecule has 3 nitrogen and oxygen atoms in total. The number of ether oxygens (including phenoxy) is 1. The van der Waals surface area contributed by atoms with Crippen LogP contribution in [0.5, 0.6) is 5.75 Å². The molecule has 1 aromatic carbocycles. The number of hydrogen-bond acceptors (Lipinski definition) is 3. The van der Waals surface area contributed by atoms with Crippen LogP contribution in [-0.2, 0) is 6.54 Å². The molecule has 2 rings (SSSR count). The molecule has 0 bridgehead atoms. The lowest BCUT2D eigenvalue weighted by Gasteiger charge is -2.36. The van der Waals surface area contributed by atoms with Gasteiger partial charge in [0.05, 0.1) is 7.11 Å². The molecule has 108 valence electrons. The van der Waals surface area contributed by atoms with E-state index < -0.39 is 0 Å². The van der Waals surface area contributed by atoms with Crippen LogP contribution in [0.1, 0.15) is 25.3 Å². The summed E-state index contributed by atoms with van der Waals surface area (Å²) in [4.78, 5) is 2.60. The van der Waals surface area contributed by atoms with E-state index in [9.17, 15) is 0 Å². The van der Waals surface area contributed by atoms with E-state index in [-0.39, 0.29) is 12.4 Å². The van der Waals surface area contributed by atoms with Gasteiger partial charge >= 0.3 is 0 Å². The van der Waals surface area contributed by atoms with Crippen LogP contribution < -0.4 is 10.1 Å². The van der Waals surface area contributed by atoms with Crippen molar-refractivity contribution in [3.8, 4) is 5.75 Å². The summed E-state index contributed by atoms with van der Waals surface area (Å²) in [6.45, 7) is 6.70. The normalized spacial score (nSPS) is 19.8. The number of nitrogens with zero attached hydrogens (tertiary/aromatic N) is 1. The maximum absolute atomic E-state index is 5.20. The fourth-order valence-electron chi connectivity index (χ4n) is 2.59. The van der Waals surface area contributed by atoms with E-state index in [4.69, 9.17) is 4.74 Å². The van der Waals surface area contributed by atoms with Crippen molar-refractivity contribution in [2.75, 3.05) is 26.7 Å². The van der Waals surface area contributed by atoms with Gasteiger partial charge in [-0.3, -0.25) is 4.90 Å². The van der Waals surface area contributed by atoms with Crippen molar-refractivity contribution in [2.24, 2.45) is 0 Å². The van der Waals surface area contributed by atoms with Crippen LogP contribution in [0.4, 0.5) is 0 Å². The third-order valence-corrected chi connectivity index (χ3v) is 3.64. The van der Waals surface area contributed by atoms with Gasteiger partial charge in [-0.2, -0.15) is 0 Å². The fourth-order valence-corrected chi connectivity index (χ4v) is 2.59. The number of hydrogen-bond donors (Lipinski definition) is 1. The van der Waals surface area contributed by atoms with Crippen molar-refractivity contribution >= 4 is 12.4 Å². The van der Waals surface area contributed by atoms with Crippen LogP contribution in [0.2, 0.25) is 0 Å². The van der Waals surface area contributed by atoms with E-state index >= 15 is 0 Å². The molecule has 1 saturated heterocycles. The highest BCUT2D eigenvalue weighted by molar-refractivity contribution is 5.85. The molecule has 0 aliphatic carbocycles. The summed E-state index contributed by atoms with van der Waals surface area (Å²) in [5, 5.41) is 3.49. The minimum atomic E-state index is 0. The molecule has 4 heteroatoms. The van der Waals surface area contributed by atoms with Crippen LogP contribution in [0.3, 0.4) is 0 Å². The Bertz CT molecular complexity index is 354. The quantitative estimate of drug-likeness (QED) is 0.900. The average molecular weight is 285 g/mol. The van der Waals surface area contributed by atoms with Crippen molar-refractivity contribution in [1.82, 2.24) is 10.2 Å². The molecular weight excluding hydrogens is 260 g/mol. The number of benzene rings is 1. The predicted molar refractivity (Wildman–Crippen MR) is 82.2 cm³/mol. The number of rotatable bonds is 5. The van der Waals surface area contributed by atoms with Crippen LogP contribution >= 0.6 is 12.4 Å². The Morgan fingerprint density at radius 3 is 2.68 bits per heavy atom. The van der Waals surface area contributed by atoms with Crippen LogP contribution in [0.25, 0.3) is 0 Å². The molecule has 0 spiro atoms. The van der Waals surface area contributed by atoms with Crippen LogP contribution in [-0.4, -0.2) is 37.7 Å². The highest BCUT2D eigenvalue weighted by atomic mass is 35.5. The first-order chi connectivity index (χ1) is 8.83. The summed E-state index contributed by atoms with van der Waals surface area (Å²) in [7, 11) is 1.71. The standard InChI is InChI=1S/C15H24N2O.ClH/c1-3-4-14-11-16-9-10-17(14)12-13-5-7-15(18-2)8-6-13;/h5-8,14,16H,3-4,9-12H2,1-2H3;1H. The number of halogens is 1. The predicted octanol–water partition coefficient (Wildman–Crippen LogP) is 2.69. The van der Waals surface area contributed by atoms with Crippen molar-refractivity contribution in [3.05, 3.63) is 29.8 Å². The molecule has 1 aliphatic rings. The molecule has 1 heterocycles. The third kappa shape index (κ3) is 4.68. The van der Waals surface area contributed by atoms with Gasteiger partial charge in [0.15, 0.2) is 0 Å². The van der Waals surface area contributed by atoms with Crippen molar-refractivity contribution in [1.29, 1.82) is 0 Å². The van der Waals surface area contributed by atoms with Crippen molar-refractivity contribution < 1.29 is 4.74 Å². The molecule has 1 aliphatic heterocycles. The lowest BCUT2D eigenvalue weighted by Crippen LogP contribution is -2.50. The minimum Gasteiger partial charge on any atom is -0.497 e. The molecule has 1 aromatic rings. The minimum absolute atomic E-state index is 0. The molecule has 1 N–H and O–H groups in total. The molecular formula is C15H25ClN2O. The summed E-state index contributed by atoms with van der Waals surface area (Å²) in [6.07, 6.45) is 2.54. The van der Waals surface area contributed by atoms with Crippen LogP contribution in [0.15, 0.2) is 24.3 Å². The van der Waals surface area contributed by atoms with Gasteiger partial charge in [0.2, 0.25) is 0 Å². The highest BCUT2D eigenvalue weighted by Crippen LogP contribution is 2.16. The Morgan fingerprint density at radius 1 is 1.32 bits per heavy atom. The molecule has 1 atom stereocenters. The van der Waals surface area contributed by atoms with Gasteiger partial charge in [0.25, 0.3) is 0 Å². The smallest absolute Gasteiger partial charge is 0.118 e. The zero-order valence-corrected chi connectivity index (χ0v) is 12.7. The van der Waals surface area contributed by atoms with E-state index in [1.165, 1.54) is 18.4 Å². The second-order valence-electron chi connectivity index (χ2n) is 4.97. The molecule has 0 aromatic heterocycles. The lowest BCUT2D eigenvalue weighted by atomic mass is 10.1. The molecule has 1 fully saturated rings. The average Bonchev–Trinajstić information content (AvgIpc) is 2.42. The molecule has 19 heavy (non-hydrogen) atoms. The maximum Gasteiger partial charge on any atom is 0.118 e. The first-order valence-electron chi connectivity index (χ1n) is 6.91. The van der Waals surface area contributed by atoms with Gasteiger partial charge in [0, 0.05) is 32.2 Å². The SMILES string of the molecule is CCCC1CNCCN1Cc1ccc(OC)cc1.Cl. The number of nitrogens with one attached hydrogen (secondary N) is 1. The maximum atomic E-state index is 5.20. The van der Waals surface area contributed by atoms with Gasteiger partial charge in [-0.1, -0.05) is 25.5 Å². The van der Waals surface area contributed by atoms with Crippen molar-refractivity contribution in [3.63, 3.8) is 0 Å². The lowest BCUT2D eigenvalue weighted by molar-refractivity contribution is 0.144. The van der Waals surface area contributed by atoms with Gasteiger partial charge < -0.3 is 10.1 Å². The van der Waals surface area contributed by atoms with Crippen molar-refractivity contribution in [2.45, 2.75) is 32.4 Å². The second kappa shape index (κ2) is 8.41. The van der Waals surface area contributed by atoms with Gasteiger partial charge in [-0.05, 0) is 24.1 Å². The second-order valence-corrected chi connectivity index (χ2v) is 4.97. The summed E-state index contributed by atoms with van der Waals surface area (Å²) >= 11 is 0. The first kappa shape index (κ1) is 16.3. The molecule has 0 saturated carbocycles. The zero-order valence-electron chi connectivity index (χ0n) is 11.9. The van der Waals surface area contributed by atoms with E-state index in [1.54, 1.807) is 7.11 Å². The summed E-state index contributed by atoms with van der Waals surface area (Å²) in [5.74, 6) is 0.934. The van der Waals surface area contributed by atoms with Gasteiger partial charge in [-0.15, -0.1) is 12.4 Å². The molecule has 0 amide bonds. The highest BCUT2D eigenvalue weighted by Gasteiger charge is 2.20.